The molecule has 2 aliphatic heterocycles. The minimum atomic E-state index is -0.619. The first-order valence-electron chi connectivity index (χ1n) is 11.9. The zero-order chi connectivity index (χ0) is 26.2. The van der Waals surface area contributed by atoms with Crippen molar-refractivity contribution in [3.63, 3.8) is 0 Å². The number of imide groups is 2. The summed E-state index contributed by atoms with van der Waals surface area (Å²) in [5, 5.41) is 2.51. The Balaban J connectivity index is 1.57. The first-order chi connectivity index (χ1) is 17.6. The van der Waals surface area contributed by atoms with Crippen LogP contribution >= 0.6 is 0 Å². The molecule has 1 saturated heterocycles. The van der Waals surface area contributed by atoms with Crippen molar-refractivity contribution < 1.29 is 14.4 Å². The number of urea groups is 1. The van der Waals surface area contributed by atoms with E-state index in [4.69, 9.17) is 0 Å². The van der Waals surface area contributed by atoms with Gasteiger partial charge < -0.3 is 0 Å². The maximum absolute atomic E-state index is 12.9. The normalized spacial score (nSPS) is 18.6. The molecule has 186 valence electrons. The molecule has 1 fully saturated rings. The van der Waals surface area contributed by atoms with Crippen LogP contribution in [-0.4, -0.2) is 70.7 Å². The average Bonchev–Trinajstić information content (AvgIpc) is 3.51. The number of nitrogens with zero attached hydrogens (tertiary/aromatic N) is 3. The zero-order valence-electron chi connectivity index (χ0n) is 21.2. The second-order valence-corrected chi connectivity index (χ2v) is 14.9. The third-order valence-corrected chi connectivity index (χ3v) is 11.7. The number of hydrogen-bond donors (Lipinski definition) is 0. The van der Waals surface area contributed by atoms with Crippen LogP contribution in [0.2, 0.25) is 0 Å². The molecule has 4 amide bonds. The summed E-state index contributed by atoms with van der Waals surface area (Å²) in [4.78, 5) is 42.2. The van der Waals surface area contributed by atoms with Crippen LogP contribution in [0, 0.1) is 6.92 Å². The number of carbonyl (C=O) groups excluding carboxylic acids is 3. The molecule has 0 spiro atoms. The van der Waals surface area contributed by atoms with Crippen LogP contribution in [0.3, 0.4) is 0 Å². The van der Waals surface area contributed by atoms with E-state index in [1.54, 1.807) is 6.08 Å². The summed E-state index contributed by atoms with van der Waals surface area (Å²) in [7, 11) is 2.80. The topological polar surface area (TPSA) is 60.9 Å². The Labute approximate surface area is 226 Å². The second-order valence-electron chi connectivity index (χ2n) is 9.99. The van der Waals surface area contributed by atoms with Crippen molar-refractivity contribution in [2.45, 2.75) is 26.2 Å². The number of barbiturate groups is 1. The Morgan fingerprint density at radius 1 is 0.811 bits per heavy atom. The van der Waals surface area contributed by atoms with Gasteiger partial charge in [0.1, 0.15) is 0 Å². The Bertz CT molecular complexity index is 1660. The van der Waals surface area contributed by atoms with Crippen molar-refractivity contribution in [3.05, 3.63) is 82.0 Å². The van der Waals surface area contributed by atoms with Crippen LogP contribution in [0.1, 0.15) is 23.8 Å². The summed E-state index contributed by atoms with van der Waals surface area (Å²) in [6.07, 6.45) is 3.50. The fourth-order valence-corrected chi connectivity index (χ4v) is 9.47. The molecule has 0 unspecified atom stereocenters. The quantitative estimate of drug-likeness (QED) is 0.185. The Morgan fingerprint density at radius 2 is 1.51 bits per heavy atom. The summed E-state index contributed by atoms with van der Waals surface area (Å²) >= 11 is 0.438. The van der Waals surface area contributed by atoms with Gasteiger partial charge >= 0.3 is 228 Å². The monoisotopic (exact) mass is 623 g/mol. The van der Waals surface area contributed by atoms with E-state index in [9.17, 15) is 14.4 Å². The van der Waals surface area contributed by atoms with Crippen LogP contribution in [0.4, 0.5) is 15.0 Å². The number of aryl methyl sites for hydroxylation is 1. The number of carbonyl (C=O) groups is 3. The SMILES string of the molecule is Cc1cc2cc3c(cc2[se]1)C(C)(C)/C(=C\C=C1C(=O)N(C)C(=O)N(C)C1=O)N3c1cc2ccccc2[se]1. The van der Waals surface area contributed by atoms with Gasteiger partial charge in [-0.2, -0.15) is 0 Å². The van der Waals surface area contributed by atoms with Crippen LogP contribution in [-0.2, 0) is 15.0 Å². The molecule has 8 heteroatoms. The first-order valence-corrected chi connectivity index (χ1v) is 15.4. The number of benzene rings is 2. The fraction of sp³-hybridized carbons (Fsp3) is 0.207. The van der Waals surface area contributed by atoms with Crippen molar-refractivity contribution >= 4 is 76.4 Å². The molecule has 0 aliphatic carbocycles. The average molecular weight is 621 g/mol. The standard InChI is InChI=1S/C29H25N3O3Se2/c1-16-12-18-13-21-20(15-23(18)36-16)29(2,3)24(32(21)25-14-17-8-6-7-9-22(17)37-25)11-10-19-26(33)30(4)28(35)31(5)27(19)34/h6-15H,1-5H3/b24-11+. The summed E-state index contributed by atoms with van der Waals surface area (Å²) in [6.45, 7) is 6.60. The van der Waals surface area contributed by atoms with E-state index in [2.05, 4.69) is 74.2 Å². The molecule has 2 aliphatic rings. The molecule has 6 rings (SSSR count). The molecule has 37 heavy (non-hydrogen) atoms. The van der Waals surface area contributed by atoms with Gasteiger partial charge in [0.15, 0.2) is 0 Å². The van der Waals surface area contributed by atoms with Crippen LogP contribution in [0.5, 0.6) is 0 Å². The van der Waals surface area contributed by atoms with Gasteiger partial charge in [0.25, 0.3) is 0 Å². The van der Waals surface area contributed by atoms with Gasteiger partial charge in [-0.25, -0.2) is 0 Å². The molecular weight excluding hydrogens is 596 g/mol. The fourth-order valence-electron chi connectivity index (χ4n) is 5.20. The van der Waals surface area contributed by atoms with E-state index < -0.39 is 17.8 Å². The van der Waals surface area contributed by atoms with E-state index in [1.165, 1.54) is 48.0 Å². The van der Waals surface area contributed by atoms with E-state index in [1.807, 2.05) is 6.08 Å². The number of amides is 4. The Hall–Kier alpha value is -3.15. The zero-order valence-corrected chi connectivity index (χ0v) is 24.6. The van der Waals surface area contributed by atoms with Gasteiger partial charge in [0.2, 0.25) is 0 Å². The van der Waals surface area contributed by atoms with Gasteiger partial charge in [0.05, 0.1) is 0 Å². The summed E-state index contributed by atoms with van der Waals surface area (Å²) in [5.74, 6) is -1.16. The summed E-state index contributed by atoms with van der Waals surface area (Å²) in [6, 6.07) is 17.1. The van der Waals surface area contributed by atoms with E-state index in [0.29, 0.717) is 14.5 Å². The molecule has 0 N–H and O–H groups in total. The minimum absolute atomic E-state index is 0.0117. The predicted molar refractivity (Wildman–Crippen MR) is 149 cm³/mol. The molecule has 0 saturated carbocycles. The van der Waals surface area contributed by atoms with Crippen molar-refractivity contribution in [1.82, 2.24) is 9.80 Å². The van der Waals surface area contributed by atoms with Crippen molar-refractivity contribution in [1.29, 1.82) is 0 Å². The van der Waals surface area contributed by atoms with Crippen molar-refractivity contribution in [2.24, 2.45) is 0 Å². The Morgan fingerprint density at radius 3 is 2.22 bits per heavy atom. The molecular formula is C29H25N3O3Se2. The molecule has 0 bridgehead atoms. The molecule has 0 radical (unpaired) electrons. The number of likely N-dealkylation sites (N-methyl/N-ethyl adjacent to an activating group) is 2. The summed E-state index contributed by atoms with van der Waals surface area (Å²) in [5.41, 5.74) is 3.05. The van der Waals surface area contributed by atoms with Crippen molar-refractivity contribution in [3.8, 4) is 0 Å². The third kappa shape index (κ3) is 3.63. The molecule has 2 aromatic heterocycles. The van der Waals surface area contributed by atoms with Gasteiger partial charge in [-0.05, 0) is 0 Å². The van der Waals surface area contributed by atoms with E-state index in [0.717, 1.165) is 21.2 Å². The number of anilines is 2. The van der Waals surface area contributed by atoms with Crippen molar-refractivity contribution in [2.75, 3.05) is 19.0 Å². The van der Waals surface area contributed by atoms with Gasteiger partial charge in [-0.3, -0.25) is 0 Å². The summed E-state index contributed by atoms with van der Waals surface area (Å²) < 4.78 is 5.38. The predicted octanol–water partition coefficient (Wildman–Crippen LogP) is 4.71. The molecule has 2 aromatic carbocycles. The molecule has 4 aromatic rings. The van der Waals surface area contributed by atoms with Gasteiger partial charge in [-0.1, -0.05) is 0 Å². The van der Waals surface area contributed by atoms with Gasteiger partial charge in [0, 0.05) is 0 Å². The molecule has 0 atom stereocenters. The maximum atomic E-state index is 12.9. The van der Waals surface area contributed by atoms with Crippen LogP contribution < -0.4 is 4.90 Å². The second kappa shape index (κ2) is 8.44. The number of allylic oxidation sites excluding steroid dienone is 3. The van der Waals surface area contributed by atoms with Gasteiger partial charge in [-0.15, -0.1) is 0 Å². The molecule has 4 heterocycles. The van der Waals surface area contributed by atoms with Crippen LogP contribution in [0.15, 0.2) is 72.0 Å². The van der Waals surface area contributed by atoms with E-state index in [-0.39, 0.29) is 25.5 Å². The third-order valence-electron chi connectivity index (χ3n) is 7.24. The number of fused-ring (bicyclic) bond motifs is 3. The van der Waals surface area contributed by atoms with Crippen LogP contribution in [0.25, 0.3) is 19.3 Å². The Kier molecular flexibility index (Phi) is 5.52. The number of rotatable bonds is 2. The van der Waals surface area contributed by atoms with E-state index >= 15 is 0 Å². The molecule has 6 nitrogen and oxygen atoms in total. The first kappa shape index (κ1) is 24.2. The number of hydrogen-bond acceptors (Lipinski definition) is 4.